The van der Waals surface area contributed by atoms with Crippen molar-refractivity contribution in [1.29, 1.82) is 0 Å². The standard InChI is InChI=1S/C18H26N2/c1-20(18-11-4-2-3-5-12-18)15-17-9-6-8-16(14-17)10-7-13-19/h6,8-9,14,18H,2-5,11-13,15,19H2,1H3. The van der Waals surface area contributed by atoms with Crippen LogP contribution in [-0.4, -0.2) is 24.5 Å². The molecule has 2 nitrogen and oxygen atoms in total. The molecule has 1 saturated carbocycles. The largest absolute Gasteiger partial charge is 0.320 e. The van der Waals surface area contributed by atoms with Gasteiger partial charge in [0.1, 0.15) is 0 Å². The van der Waals surface area contributed by atoms with Crippen molar-refractivity contribution in [2.75, 3.05) is 13.6 Å². The lowest BCUT2D eigenvalue weighted by molar-refractivity contribution is 0.213. The second kappa shape index (κ2) is 8.09. The fourth-order valence-corrected chi connectivity index (χ4v) is 3.02. The summed E-state index contributed by atoms with van der Waals surface area (Å²) in [4.78, 5) is 2.51. The molecule has 0 aliphatic heterocycles. The highest BCUT2D eigenvalue weighted by Gasteiger charge is 2.16. The summed E-state index contributed by atoms with van der Waals surface area (Å²) in [6.45, 7) is 1.44. The Hall–Kier alpha value is -1.30. The zero-order valence-electron chi connectivity index (χ0n) is 12.6. The maximum absolute atomic E-state index is 5.43. The zero-order chi connectivity index (χ0) is 14.2. The molecule has 0 unspecified atom stereocenters. The number of hydrogen-bond donors (Lipinski definition) is 1. The molecule has 0 spiro atoms. The van der Waals surface area contributed by atoms with Crippen molar-refractivity contribution >= 4 is 0 Å². The zero-order valence-corrected chi connectivity index (χ0v) is 12.6. The summed E-state index contributed by atoms with van der Waals surface area (Å²) in [6, 6.07) is 9.28. The lowest BCUT2D eigenvalue weighted by atomic mass is 10.1. The Morgan fingerprint density at radius 2 is 1.95 bits per heavy atom. The average molecular weight is 270 g/mol. The molecule has 0 saturated heterocycles. The Morgan fingerprint density at radius 3 is 2.65 bits per heavy atom. The Morgan fingerprint density at radius 1 is 1.20 bits per heavy atom. The quantitative estimate of drug-likeness (QED) is 0.675. The van der Waals surface area contributed by atoms with Crippen molar-refractivity contribution in [3.05, 3.63) is 35.4 Å². The predicted octanol–water partition coefficient (Wildman–Crippen LogP) is 3.15. The molecule has 0 radical (unpaired) electrons. The van der Waals surface area contributed by atoms with Crippen LogP contribution in [0.2, 0.25) is 0 Å². The highest BCUT2D eigenvalue weighted by molar-refractivity contribution is 5.37. The van der Waals surface area contributed by atoms with Crippen LogP contribution in [0, 0.1) is 11.8 Å². The molecule has 0 bridgehead atoms. The summed E-state index contributed by atoms with van der Waals surface area (Å²) in [6.07, 6.45) is 8.30. The number of nitrogens with two attached hydrogens (primary N) is 1. The van der Waals surface area contributed by atoms with E-state index in [9.17, 15) is 0 Å². The topological polar surface area (TPSA) is 29.3 Å². The molecule has 0 amide bonds. The van der Waals surface area contributed by atoms with E-state index in [1.165, 1.54) is 44.1 Å². The molecule has 2 heteroatoms. The third-order valence-electron chi connectivity index (χ3n) is 4.14. The van der Waals surface area contributed by atoms with Gasteiger partial charge in [0.05, 0.1) is 6.54 Å². The van der Waals surface area contributed by atoms with E-state index in [1.54, 1.807) is 0 Å². The van der Waals surface area contributed by atoms with E-state index >= 15 is 0 Å². The molecular formula is C18H26N2. The fourth-order valence-electron chi connectivity index (χ4n) is 3.02. The van der Waals surface area contributed by atoms with Crippen molar-refractivity contribution in [2.45, 2.75) is 51.1 Å². The van der Waals surface area contributed by atoms with Crippen molar-refractivity contribution in [1.82, 2.24) is 4.90 Å². The van der Waals surface area contributed by atoms with Crippen molar-refractivity contribution in [3.8, 4) is 11.8 Å². The third-order valence-corrected chi connectivity index (χ3v) is 4.14. The minimum Gasteiger partial charge on any atom is -0.320 e. The van der Waals surface area contributed by atoms with Crippen LogP contribution in [0.5, 0.6) is 0 Å². The van der Waals surface area contributed by atoms with Gasteiger partial charge in [-0.15, -0.1) is 0 Å². The van der Waals surface area contributed by atoms with E-state index in [4.69, 9.17) is 5.73 Å². The van der Waals surface area contributed by atoms with Gasteiger partial charge in [0.2, 0.25) is 0 Å². The predicted molar refractivity (Wildman–Crippen MR) is 85.3 cm³/mol. The molecule has 0 aromatic heterocycles. The Kier molecular flexibility index (Phi) is 6.11. The Bertz CT molecular complexity index is 462. The van der Waals surface area contributed by atoms with Gasteiger partial charge >= 0.3 is 0 Å². The van der Waals surface area contributed by atoms with E-state index in [-0.39, 0.29) is 0 Å². The van der Waals surface area contributed by atoms with Gasteiger partial charge in [-0.1, -0.05) is 49.7 Å². The number of rotatable bonds is 3. The summed E-state index contributed by atoms with van der Waals surface area (Å²) in [7, 11) is 2.26. The lowest BCUT2D eigenvalue weighted by Crippen LogP contribution is -2.30. The van der Waals surface area contributed by atoms with Gasteiger partial charge in [0, 0.05) is 18.2 Å². The summed E-state index contributed by atoms with van der Waals surface area (Å²) >= 11 is 0. The van der Waals surface area contributed by atoms with Crippen LogP contribution in [-0.2, 0) is 6.54 Å². The Labute approximate surface area is 123 Å². The molecular weight excluding hydrogens is 244 g/mol. The smallest absolute Gasteiger partial charge is 0.0555 e. The van der Waals surface area contributed by atoms with E-state index in [0.717, 1.165) is 18.2 Å². The molecule has 2 N–H and O–H groups in total. The highest BCUT2D eigenvalue weighted by atomic mass is 15.1. The fraction of sp³-hybridized carbons (Fsp3) is 0.556. The maximum Gasteiger partial charge on any atom is 0.0555 e. The van der Waals surface area contributed by atoms with Gasteiger partial charge in [0.25, 0.3) is 0 Å². The minimum atomic E-state index is 0.423. The molecule has 1 aliphatic carbocycles. The molecule has 0 heterocycles. The molecule has 20 heavy (non-hydrogen) atoms. The van der Waals surface area contributed by atoms with Crippen molar-refractivity contribution < 1.29 is 0 Å². The SMILES string of the molecule is CN(Cc1cccc(C#CCN)c1)C1CCCCCC1. The highest BCUT2D eigenvalue weighted by Crippen LogP contribution is 2.22. The van der Waals surface area contributed by atoms with Gasteiger partial charge < -0.3 is 5.73 Å². The van der Waals surface area contributed by atoms with Gasteiger partial charge in [-0.3, -0.25) is 4.90 Å². The van der Waals surface area contributed by atoms with Crippen LogP contribution in [0.15, 0.2) is 24.3 Å². The second-order valence-electron chi connectivity index (χ2n) is 5.77. The number of benzene rings is 1. The maximum atomic E-state index is 5.43. The minimum absolute atomic E-state index is 0.423. The lowest BCUT2D eigenvalue weighted by Gasteiger charge is -2.27. The molecule has 1 aliphatic rings. The van der Waals surface area contributed by atoms with Crippen molar-refractivity contribution in [3.63, 3.8) is 0 Å². The average Bonchev–Trinajstić information content (AvgIpc) is 2.74. The van der Waals surface area contributed by atoms with E-state index in [0.29, 0.717) is 6.54 Å². The first-order valence-electron chi connectivity index (χ1n) is 7.77. The first-order chi connectivity index (χ1) is 9.79. The van der Waals surface area contributed by atoms with Crippen LogP contribution in [0.25, 0.3) is 0 Å². The van der Waals surface area contributed by atoms with Crippen LogP contribution < -0.4 is 5.73 Å². The van der Waals surface area contributed by atoms with Crippen LogP contribution >= 0.6 is 0 Å². The summed E-state index contributed by atoms with van der Waals surface area (Å²) in [5.41, 5.74) is 7.84. The summed E-state index contributed by atoms with van der Waals surface area (Å²) < 4.78 is 0. The molecule has 1 fully saturated rings. The van der Waals surface area contributed by atoms with Crippen LogP contribution in [0.4, 0.5) is 0 Å². The van der Waals surface area contributed by atoms with Crippen LogP contribution in [0.3, 0.4) is 0 Å². The first kappa shape index (κ1) is 15.1. The number of nitrogens with zero attached hydrogens (tertiary/aromatic N) is 1. The van der Waals surface area contributed by atoms with Gasteiger partial charge in [-0.05, 0) is 37.6 Å². The van der Waals surface area contributed by atoms with Gasteiger partial charge in [0.15, 0.2) is 0 Å². The van der Waals surface area contributed by atoms with E-state index in [2.05, 4.69) is 48.1 Å². The summed E-state index contributed by atoms with van der Waals surface area (Å²) in [5.74, 6) is 6.03. The molecule has 1 aromatic carbocycles. The second-order valence-corrected chi connectivity index (χ2v) is 5.77. The molecule has 2 rings (SSSR count). The van der Waals surface area contributed by atoms with E-state index < -0.39 is 0 Å². The summed E-state index contributed by atoms with van der Waals surface area (Å²) in [5, 5.41) is 0. The molecule has 108 valence electrons. The van der Waals surface area contributed by atoms with Gasteiger partial charge in [-0.25, -0.2) is 0 Å². The molecule has 0 atom stereocenters. The normalized spacial score (nSPS) is 16.6. The third kappa shape index (κ3) is 4.67. The van der Waals surface area contributed by atoms with Gasteiger partial charge in [-0.2, -0.15) is 0 Å². The van der Waals surface area contributed by atoms with Crippen molar-refractivity contribution in [2.24, 2.45) is 5.73 Å². The Balaban J connectivity index is 1.97. The van der Waals surface area contributed by atoms with E-state index in [1.807, 2.05) is 0 Å². The monoisotopic (exact) mass is 270 g/mol. The van der Waals surface area contributed by atoms with Crippen LogP contribution in [0.1, 0.15) is 49.7 Å². The first-order valence-corrected chi connectivity index (χ1v) is 7.77. The number of hydrogen-bond acceptors (Lipinski definition) is 2. The molecule has 1 aromatic rings.